The topological polar surface area (TPSA) is 98.7 Å². The van der Waals surface area contributed by atoms with E-state index in [0.29, 0.717) is 55.3 Å². The number of hydrogen-bond acceptors (Lipinski definition) is 5. The summed E-state index contributed by atoms with van der Waals surface area (Å²) in [5.74, 6) is 1.24. The quantitative estimate of drug-likeness (QED) is 0.656. The number of hydrogen-bond donors (Lipinski definition) is 1. The number of ether oxygens (including phenoxy) is 1. The molecule has 1 fully saturated rings. The molecule has 1 aliphatic heterocycles. The molecule has 4 rings (SSSR count). The van der Waals surface area contributed by atoms with Crippen molar-refractivity contribution >= 4 is 11.8 Å². The lowest BCUT2D eigenvalue weighted by atomic mass is 9.95. The van der Waals surface area contributed by atoms with Crippen molar-refractivity contribution in [2.45, 2.75) is 19.8 Å². The van der Waals surface area contributed by atoms with Gasteiger partial charge < -0.3 is 19.8 Å². The molecule has 0 aliphatic carbocycles. The highest BCUT2D eigenvalue weighted by molar-refractivity contribution is 6.00. The third-order valence-electron chi connectivity index (χ3n) is 5.53. The monoisotopic (exact) mass is 419 g/mol. The molecule has 2 amide bonds. The van der Waals surface area contributed by atoms with Gasteiger partial charge in [0, 0.05) is 30.1 Å². The summed E-state index contributed by atoms with van der Waals surface area (Å²) in [4.78, 5) is 30.7. The summed E-state index contributed by atoms with van der Waals surface area (Å²) in [7, 11) is 0. The van der Waals surface area contributed by atoms with E-state index in [1.807, 2.05) is 49.4 Å². The Hall–Kier alpha value is -3.61. The Morgan fingerprint density at radius 3 is 2.52 bits per heavy atom. The highest BCUT2D eigenvalue weighted by Crippen LogP contribution is 2.30. The first-order chi connectivity index (χ1) is 15.1. The highest BCUT2D eigenvalue weighted by atomic mass is 16.5. The van der Waals surface area contributed by atoms with Crippen LogP contribution < -0.4 is 10.5 Å². The molecule has 31 heavy (non-hydrogen) atoms. The van der Waals surface area contributed by atoms with Gasteiger partial charge in [0.25, 0.3) is 5.91 Å². The van der Waals surface area contributed by atoms with Gasteiger partial charge in [-0.1, -0.05) is 12.1 Å². The molecule has 1 aliphatic rings. The highest BCUT2D eigenvalue weighted by Gasteiger charge is 2.28. The fraction of sp³-hybridized carbons (Fsp3) is 0.292. The first-order valence-corrected chi connectivity index (χ1v) is 10.4. The zero-order valence-corrected chi connectivity index (χ0v) is 17.4. The summed E-state index contributed by atoms with van der Waals surface area (Å²) in [6.07, 6.45) is 2.83. The van der Waals surface area contributed by atoms with Gasteiger partial charge in [0.1, 0.15) is 5.75 Å². The Morgan fingerprint density at radius 1 is 1.13 bits per heavy atom. The smallest absolute Gasteiger partial charge is 0.254 e. The third-order valence-corrected chi connectivity index (χ3v) is 5.53. The molecule has 7 heteroatoms. The Morgan fingerprint density at radius 2 is 1.84 bits per heavy atom. The Balaban J connectivity index is 1.55. The molecule has 2 aromatic carbocycles. The SMILES string of the molecule is CCOc1ccc(-c2cnc(-c3ccccc3C(=O)N3CCC(C(N)=O)CC3)o2)cc1. The van der Waals surface area contributed by atoms with Crippen molar-refractivity contribution in [1.82, 2.24) is 9.88 Å². The average molecular weight is 419 g/mol. The normalized spacial score (nSPS) is 14.4. The molecule has 2 heterocycles. The number of rotatable bonds is 6. The van der Waals surface area contributed by atoms with E-state index in [9.17, 15) is 9.59 Å². The van der Waals surface area contributed by atoms with Gasteiger partial charge in [-0.2, -0.15) is 0 Å². The van der Waals surface area contributed by atoms with Gasteiger partial charge in [0.2, 0.25) is 11.8 Å². The van der Waals surface area contributed by atoms with Gasteiger partial charge in [0.05, 0.1) is 18.4 Å². The third kappa shape index (κ3) is 4.45. The van der Waals surface area contributed by atoms with Crippen LogP contribution in [0.3, 0.4) is 0 Å². The van der Waals surface area contributed by atoms with E-state index in [0.717, 1.165) is 11.3 Å². The first-order valence-electron chi connectivity index (χ1n) is 10.4. The van der Waals surface area contributed by atoms with Gasteiger partial charge in [-0.25, -0.2) is 4.98 Å². The van der Waals surface area contributed by atoms with Crippen molar-refractivity contribution in [1.29, 1.82) is 0 Å². The summed E-state index contributed by atoms with van der Waals surface area (Å²) in [5.41, 5.74) is 7.45. The molecule has 1 aromatic heterocycles. The molecule has 2 N–H and O–H groups in total. The van der Waals surface area contributed by atoms with Gasteiger partial charge in [0.15, 0.2) is 5.76 Å². The number of oxazole rings is 1. The zero-order chi connectivity index (χ0) is 21.8. The van der Waals surface area contributed by atoms with Gasteiger partial charge in [-0.05, 0) is 56.2 Å². The van der Waals surface area contributed by atoms with Crippen molar-refractivity contribution < 1.29 is 18.7 Å². The summed E-state index contributed by atoms with van der Waals surface area (Å²) < 4.78 is 11.5. The molecule has 1 saturated heterocycles. The number of primary amides is 1. The van der Waals surface area contributed by atoms with Crippen LogP contribution in [0.4, 0.5) is 0 Å². The lowest BCUT2D eigenvalue weighted by Crippen LogP contribution is -2.41. The predicted octanol–water partition coefficient (Wildman–Crippen LogP) is 3.74. The Bertz CT molecular complexity index is 1070. The number of piperidine rings is 1. The number of aromatic nitrogens is 1. The van der Waals surface area contributed by atoms with E-state index in [1.54, 1.807) is 17.2 Å². The molecule has 0 radical (unpaired) electrons. The summed E-state index contributed by atoms with van der Waals surface area (Å²) in [6, 6.07) is 14.9. The van der Waals surface area contributed by atoms with Gasteiger partial charge >= 0.3 is 0 Å². The van der Waals surface area contributed by atoms with Gasteiger partial charge in [-0.15, -0.1) is 0 Å². The maximum absolute atomic E-state index is 13.2. The standard InChI is InChI=1S/C24H25N3O4/c1-2-30-18-9-7-16(8-10-18)21-15-26-23(31-21)19-5-3-4-6-20(19)24(29)27-13-11-17(12-14-27)22(25)28/h3-10,15,17H,2,11-14H2,1H3,(H2,25,28). The van der Waals surface area contributed by atoms with Crippen molar-refractivity contribution in [3.63, 3.8) is 0 Å². The minimum atomic E-state index is -0.297. The zero-order valence-electron chi connectivity index (χ0n) is 17.4. The number of carbonyl (C=O) groups excluding carboxylic acids is 2. The fourth-order valence-corrected chi connectivity index (χ4v) is 3.81. The van der Waals surface area contributed by atoms with Crippen LogP contribution in [-0.4, -0.2) is 41.4 Å². The summed E-state index contributed by atoms with van der Waals surface area (Å²) >= 11 is 0. The van der Waals surface area contributed by atoms with Crippen LogP contribution >= 0.6 is 0 Å². The number of carbonyl (C=O) groups is 2. The molecule has 3 aromatic rings. The molecule has 160 valence electrons. The second-order valence-corrected chi connectivity index (χ2v) is 7.50. The average Bonchev–Trinajstić information content (AvgIpc) is 3.29. The lowest BCUT2D eigenvalue weighted by molar-refractivity contribution is -0.123. The van der Waals surface area contributed by atoms with Crippen LogP contribution in [-0.2, 0) is 4.79 Å². The van der Waals surface area contributed by atoms with E-state index in [4.69, 9.17) is 14.9 Å². The van der Waals surface area contributed by atoms with Crippen molar-refractivity contribution in [2.24, 2.45) is 11.7 Å². The van der Waals surface area contributed by atoms with Crippen LogP contribution in [0.25, 0.3) is 22.8 Å². The van der Waals surface area contributed by atoms with E-state index >= 15 is 0 Å². The minimum absolute atomic E-state index is 0.0978. The number of benzene rings is 2. The van der Waals surface area contributed by atoms with E-state index in [-0.39, 0.29) is 17.7 Å². The Kier molecular flexibility index (Phi) is 6.02. The van der Waals surface area contributed by atoms with Crippen LogP contribution in [0, 0.1) is 5.92 Å². The van der Waals surface area contributed by atoms with Crippen LogP contribution in [0.5, 0.6) is 5.75 Å². The summed E-state index contributed by atoms with van der Waals surface area (Å²) in [6.45, 7) is 3.56. The van der Waals surface area contributed by atoms with Crippen LogP contribution in [0.2, 0.25) is 0 Å². The molecule has 0 bridgehead atoms. The van der Waals surface area contributed by atoms with Crippen LogP contribution in [0.1, 0.15) is 30.1 Å². The van der Waals surface area contributed by atoms with E-state index in [2.05, 4.69) is 4.98 Å². The molecule has 0 saturated carbocycles. The molecule has 0 atom stereocenters. The number of amides is 2. The second-order valence-electron chi connectivity index (χ2n) is 7.50. The largest absolute Gasteiger partial charge is 0.494 e. The van der Waals surface area contributed by atoms with Crippen molar-refractivity contribution in [3.8, 4) is 28.5 Å². The second kappa shape index (κ2) is 9.04. The molecule has 7 nitrogen and oxygen atoms in total. The van der Waals surface area contributed by atoms with E-state index in [1.165, 1.54) is 0 Å². The van der Waals surface area contributed by atoms with E-state index < -0.39 is 0 Å². The molecular formula is C24H25N3O4. The van der Waals surface area contributed by atoms with Crippen LogP contribution in [0.15, 0.2) is 59.1 Å². The summed E-state index contributed by atoms with van der Waals surface area (Å²) in [5, 5.41) is 0. The molecule has 0 spiro atoms. The molecule has 0 unspecified atom stereocenters. The maximum atomic E-state index is 13.2. The number of nitrogens with zero attached hydrogens (tertiary/aromatic N) is 2. The maximum Gasteiger partial charge on any atom is 0.254 e. The number of likely N-dealkylation sites (tertiary alicyclic amines) is 1. The first kappa shape index (κ1) is 20.7. The van der Waals surface area contributed by atoms with Crippen molar-refractivity contribution in [2.75, 3.05) is 19.7 Å². The number of nitrogens with two attached hydrogens (primary N) is 1. The Labute approximate surface area is 180 Å². The predicted molar refractivity (Wildman–Crippen MR) is 116 cm³/mol. The minimum Gasteiger partial charge on any atom is -0.494 e. The fourth-order valence-electron chi connectivity index (χ4n) is 3.81. The van der Waals surface area contributed by atoms with Crippen molar-refractivity contribution in [3.05, 3.63) is 60.3 Å². The molecular weight excluding hydrogens is 394 g/mol. The van der Waals surface area contributed by atoms with Gasteiger partial charge in [-0.3, -0.25) is 9.59 Å². The lowest BCUT2D eigenvalue weighted by Gasteiger charge is -2.31.